The van der Waals surface area contributed by atoms with Gasteiger partial charge in [0, 0.05) is 6.54 Å². The molecule has 0 aliphatic carbocycles. The van der Waals surface area contributed by atoms with Crippen LogP contribution in [0.4, 0.5) is 5.82 Å². The van der Waals surface area contributed by atoms with Gasteiger partial charge in [0.05, 0.1) is 25.5 Å². The van der Waals surface area contributed by atoms with Crippen LogP contribution in [0.2, 0.25) is 0 Å². The molecule has 15 heavy (non-hydrogen) atoms. The highest BCUT2D eigenvalue weighted by atomic mass is 16.5. The number of aromatic nitrogens is 2. The van der Waals surface area contributed by atoms with E-state index < -0.39 is 0 Å². The summed E-state index contributed by atoms with van der Waals surface area (Å²) in [5, 5.41) is 6.29. The number of amides is 1. The average molecular weight is 210 g/mol. The maximum absolute atomic E-state index is 12.0. The standard InChI is InChI=1S/C9H14N4O2/c1-6-5-15-3-2-13(6)9(14)7-4-11-12-8(7)10/h4,6H,2-3,5H2,1H3,(H3,10,11,12). The van der Waals surface area contributed by atoms with Crippen molar-refractivity contribution < 1.29 is 9.53 Å². The molecule has 2 rings (SSSR count). The van der Waals surface area contributed by atoms with E-state index in [1.807, 2.05) is 6.92 Å². The van der Waals surface area contributed by atoms with E-state index in [2.05, 4.69) is 10.2 Å². The zero-order chi connectivity index (χ0) is 10.8. The Bertz CT molecular complexity index is 363. The van der Waals surface area contributed by atoms with Gasteiger partial charge in [-0.2, -0.15) is 5.10 Å². The van der Waals surface area contributed by atoms with Crippen molar-refractivity contribution in [1.29, 1.82) is 0 Å². The summed E-state index contributed by atoms with van der Waals surface area (Å²) in [6.45, 7) is 3.70. The number of aromatic amines is 1. The molecule has 1 saturated heterocycles. The van der Waals surface area contributed by atoms with Crippen LogP contribution < -0.4 is 5.73 Å². The first-order valence-corrected chi connectivity index (χ1v) is 4.87. The second kappa shape index (κ2) is 3.90. The number of nitrogens with zero attached hydrogens (tertiary/aromatic N) is 2. The van der Waals surface area contributed by atoms with Gasteiger partial charge in [0.2, 0.25) is 0 Å². The van der Waals surface area contributed by atoms with Gasteiger partial charge in [-0.05, 0) is 6.92 Å². The van der Waals surface area contributed by atoms with Crippen LogP contribution in [0.5, 0.6) is 0 Å². The van der Waals surface area contributed by atoms with Crippen molar-refractivity contribution in [2.75, 3.05) is 25.5 Å². The molecule has 1 unspecified atom stereocenters. The second-order valence-corrected chi connectivity index (χ2v) is 3.62. The second-order valence-electron chi connectivity index (χ2n) is 3.62. The van der Waals surface area contributed by atoms with Gasteiger partial charge in [0.15, 0.2) is 0 Å². The van der Waals surface area contributed by atoms with Crippen molar-refractivity contribution in [1.82, 2.24) is 15.1 Å². The predicted molar refractivity (Wildman–Crippen MR) is 54.3 cm³/mol. The maximum atomic E-state index is 12.0. The summed E-state index contributed by atoms with van der Waals surface area (Å²) < 4.78 is 5.26. The van der Waals surface area contributed by atoms with E-state index in [4.69, 9.17) is 10.5 Å². The molecule has 0 aromatic carbocycles. The lowest BCUT2D eigenvalue weighted by atomic mass is 10.2. The summed E-state index contributed by atoms with van der Waals surface area (Å²) in [6.07, 6.45) is 1.46. The summed E-state index contributed by atoms with van der Waals surface area (Å²) in [7, 11) is 0. The molecule has 6 heteroatoms. The fourth-order valence-electron chi connectivity index (χ4n) is 1.65. The lowest BCUT2D eigenvalue weighted by Gasteiger charge is -2.33. The average Bonchev–Trinajstić information content (AvgIpc) is 2.64. The third-order valence-electron chi connectivity index (χ3n) is 2.53. The number of hydrogen-bond acceptors (Lipinski definition) is 4. The number of nitrogen functional groups attached to an aromatic ring is 1. The molecule has 2 heterocycles. The van der Waals surface area contributed by atoms with Gasteiger partial charge in [-0.25, -0.2) is 0 Å². The molecule has 3 N–H and O–H groups in total. The van der Waals surface area contributed by atoms with Crippen LogP contribution in [0.1, 0.15) is 17.3 Å². The Morgan fingerprint density at radius 1 is 1.80 bits per heavy atom. The summed E-state index contributed by atoms with van der Waals surface area (Å²) in [5.74, 6) is 0.232. The number of morpholine rings is 1. The Kier molecular flexibility index (Phi) is 2.59. The van der Waals surface area contributed by atoms with Gasteiger partial charge < -0.3 is 15.4 Å². The molecular formula is C9H14N4O2. The Labute approximate surface area is 87.4 Å². The van der Waals surface area contributed by atoms with Gasteiger partial charge in [-0.15, -0.1) is 0 Å². The highest BCUT2D eigenvalue weighted by molar-refractivity contribution is 5.98. The molecular weight excluding hydrogens is 196 g/mol. The van der Waals surface area contributed by atoms with Gasteiger partial charge in [0.25, 0.3) is 5.91 Å². The molecule has 1 atom stereocenters. The molecule has 0 spiro atoms. The Balaban J connectivity index is 2.17. The molecule has 0 radical (unpaired) electrons. The third kappa shape index (κ3) is 1.80. The Morgan fingerprint density at radius 3 is 3.20 bits per heavy atom. The zero-order valence-electron chi connectivity index (χ0n) is 8.56. The summed E-state index contributed by atoms with van der Waals surface area (Å²) >= 11 is 0. The smallest absolute Gasteiger partial charge is 0.259 e. The topological polar surface area (TPSA) is 84.2 Å². The van der Waals surface area contributed by atoms with Crippen molar-refractivity contribution >= 4 is 11.7 Å². The first kappa shape index (κ1) is 9.97. The number of nitrogens with one attached hydrogen (secondary N) is 1. The first-order valence-electron chi connectivity index (χ1n) is 4.87. The number of H-pyrrole nitrogens is 1. The summed E-state index contributed by atoms with van der Waals surface area (Å²) in [6, 6.07) is 0.0838. The van der Waals surface area contributed by atoms with Crippen LogP contribution in [0.25, 0.3) is 0 Å². The summed E-state index contributed by atoms with van der Waals surface area (Å²) in [5.41, 5.74) is 6.03. The number of anilines is 1. The van der Waals surface area contributed by atoms with Gasteiger partial charge >= 0.3 is 0 Å². The fourth-order valence-corrected chi connectivity index (χ4v) is 1.65. The van der Waals surface area contributed by atoms with Crippen molar-refractivity contribution in [3.05, 3.63) is 11.8 Å². The number of nitrogens with two attached hydrogens (primary N) is 1. The van der Waals surface area contributed by atoms with Gasteiger partial charge in [-0.1, -0.05) is 0 Å². The summed E-state index contributed by atoms with van der Waals surface area (Å²) in [4.78, 5) is 13.8. The molecule has 6 nitrogen and oxygen atoms in total. The molecule has 1 aromatic rings. The van der Waals surface area contributed by atoms with Crippen LogP contribution in [0.15, 0.2) is 6.20 Å². The van der Waals surface area contributed by atoms with E-state index in [1.165, 1.54) is 6.20 Å². The SMILES string of the molecule is CC1COCCN1C(=O)c1cn[nH]c1N. The van der Waals surface area contributed by atoms with Crippen LogP contribution in [-0.2, 0) is 4.74 Å². The van der Waals surface area contributed by atoms with Crippen LogP contribution >= 0.6 is 0 Å². The molecule has 0 saturated carbocycles. The van der Waals surface area contributed by atoms with E-state index in [9.17, 15) is 4.79 Å². The largest absolute Gasteiger partial charge is 0.383 e. The lowest BCUT2D eigenvalue weighted by Crippen LogP contribution is -2.47. The monoisotopic (exact) mass is 210 g/mol. The first-order chi connectivity index (χ1) is 7.20. The van der Waals surface area contributed by atoms with E-state index in [-0.39, 0.29) is 11.9 Å². The predicted octanol–water partition coefficient (Wildman–Crippen LogP) is -0.147. The minimum atomic E-state index is -0.0861. The third-order valence-corrected chi connectivity index (χ3v) is 2.53. The van der Waals surface area contributed by atoms with E-state index >= 15 is 0 Å². The lowest BCUT2D eigenvalue weighted by molar-refractivity contribution is 0.00365. The number of ether oxygens (including phenoxy) is 1. The minimum Gasteiger partial charge on any atom is -0.383 e. The van der Waals surface area contributed by atoms with Gasteiger partial charge in [-0.3, -0.25) is 9.89 Å². The Hall–Kier alpha value is -1.56. The number of hydrogen-bond donors (Lipinski definition) is 2. The quantitative estimate of drug-likeness (QED) is 0.675. The highest BCUT2D eigenvalue weighted by Crippen LogP contribution is 2.14. The molecule has 0 bridgehead atoms. The zero-order valence-corrected chi connectivity index (χ0v) is 8.56. The number of carbonyl (C=O) groups is 1. The number of carbonyl (C=O) groups excluding carboxylic acids is 1. The van der Waals surface area contributed by atoms with E-state index in [1.54, 1.807) is 4.90 Å². The molecule has 1 aliphatic heterocycles. The molecule has 82 valence electrons. The molecule has 1 fully saturated rings. The number of rotatable bonds is 1. The van der Waals surface area contributed by atoms with Crippen LogP contribution in [0.3, 0.4) is 0 Å². The van der Waals surface area contributed by atoms with Crippen LogP contribution in [-0.4, -0.2) is 46.8 Å². The van der Waals surface area contributed by atoms with Crippen molar-refractivity contribution in [2.45, 2.75) is 13.0 Å². The van der Waals surface area contributed by atoms with Crippen molar-refractivity contribution in [2.24, 2.45) is 0 Å². The highest BCUT2D eigenvalue weighted by Gasteiger charge is 2.26. The van der Waals surface area contributed by atoms with Crippen LogP contribution in [0, 0.1) is 0 Å². The van der Waals surface area contributed by atoms with Crippen molar-refractivity contribution in [3.8, 4) is 0 Å². The van der Waals surface area contributed by atoms with Crippen molar-refractivity contribution in [3.63, 3.8) is 0 Å². The Morgan fingerprint density at radius 2 is 2.60 bits per heavy atom. The molecule has 1 aromatic heterocycles. The fraction of sp³-hybridized carbons (Fsp3) is 0.556. The van der Waals surface area contributed by atoms with Gasteiger partial charge in [0.1, 0.15) is 11.4 Å². The molecule has 1 amide bonds. The van der Waals surface area contributed by atoms with E-state index in [0.717, 1.165) is 0 Å². The molecule has 1 aliphatic rings. The van der Waals surface area contributed by atoms with E-state index in [0.29, 0.717) is 31.1 Å². The minimum absolute atomic E-state index is 0.0838. The normalized spacial score (nSPS) is 21.7. The maximum Gasteiger partial charge on any atom is 0.259 e.